The molecular formula is C18H29N3O. The van der Waals surface area contributed by atoms with Gasteiger partial charge in [0, 0.05) is 19.2 Å². The summed E-state index contributed by atoms with van der Waals surface area (Å²) in [5, 5.41) is 4.37. The van der Waals surface area contributed by atoms with E-state index in [0.29, 0.717) is 5.92 Å². The second-order valence-corrected chi connectivity index (χ2v) is 7.24. The molecule has 1 saturated heterocycles. The maximum absolute atomic E-state index is 11.9. The topological polar surface area (TPSA) is 38.1 Å². The third kappa shape index (κ3) is 4.19. The normalized spacial score (nSPS) is 22.0. The summed E-state index contributed by atoms with van der Waals surface area (Å²) in [6.45, 7) is 6.43. The summed E-state index contributed by atoms with van der Waals surface area (Å²) in [6.07, 6.45) is 9.58. The molecule has 4 nitrogen and oxygen atoms in total. The predicted octanol–water partition coefficient (Wildman–Crippen LogP) is 2.84. The summed E-state index contributed by atoms with van der Waals surface area (Å²) in [5.74, 6) is 1.54. The highest BCUT2D eigenvalue weighted by molar-refractivity contribution is 4.97. The minimum atomic E-state index is 0.0373. The van der Waals surface area contributed by atoms with Gasteiger partial charge < -0.3 is 4.90 Å². The van der Waals surface area contributed by atoms with Gasteiger partial charge in [0.25, 0.3) is 5.56 Å². The van der Waals surface area contributed by atoms with Crippen molar-refractivity contribution < 1.29 is 0 Å². The summed E-state index contributed by atoms with van der Waals surface area (Å²) >= 11 is 0. The molecule has 1 aliphatic heterocycles. The van der Waals surface area contributed by atoms with Gasteiger partial charge in [0.05, 0.1) is 5.69 Å². The first-order valence-electron chi connectivity index (χ1n) is 8.98. The van der Waals surface area contributed by atoms with E-state index in [1.54, 1.807) is 16.8 Å². The molecule has 0 unspecified atom stereocenters. The van der Waals surface area contributed by atoms with Crippen molar-refractivity contribution >= 4 is 0 Å². The third-order valence-electron chi connectivity index (χ3n) is 5.38. The molecule has 2 heterocycles. The number of likely N-dealkylation sites (tertiary alicyclic amines) is 1. The van der Waals surface area contributed by atoms with Crippen LogP contribution in [0.3, 0.4) is 0 Å². The van der Waals surface area contributed by atoms with Crippen LogP contribution in [0, 0.1) is 18.8 Å². The molecule has 0 bridgehead atoms. The van der Waals surface area contributed by atoms with Gasteiger partial charge in [-0.3, -0.25) is 4.79 Å². The number of hydrogen-bond acceptors (Lipinski definition) is 3. The molecule has 1 aromatic heterocycles. The third-order valence-corrected chi connectivity index (χ3v) is 5.38. The van der Waals surface area contributed by atoms with Crippen molar-refractivity contribution in [1.82, 2.24) is 14.7 Å². The number of aromatic nitrogens is 2. The molecule has 1 aromatic rings. The van der Waals surface area contributed by atoms with E-state index in [2.05, 4.69) is 10.00 Å². The standard InChI is InChI=1S/C18H29N3O/c1-15-7-8-18(22)21(19-15)14-17-9-11-20(12-10-17)13-16-5-3-2-4-6-16/h7-8,16-17H,2-6,9-14H2,1H3. The highest BCUT2D eigenvalue weighted by atomic mass is 16.1. The van der Waals surface area contributed by atoms with Crippen LogP contribution >= 0.6 is 0 Å². The molecule has 0 N–H and O–H groups in total. The van der Waals surface area contributed by atoms with Gasteiger partial charge in [0.2, 0.25) is 0 Å². The lowest BCUT2D eigenvalue weighted by Gasteiger charge is -2.35. The molecule has 0 aromatic carbocycles. The van der Waals surface area contributed by atoms with E-state index < -0.39 is 0 Å². The van der Waals surface area contributed by atoms with Crippen molar-refractivity contribution in [2.45, 2.75) is 58.4 Å². The van der Waals surface area contributed by atoms with Crippen molar-refractivity contribution in [3.05, 3.63) is 28.2 Å². The molecule has 2 aliphatic rings. The molecule has 2 fully saturated rings. The summed E-state index contributed by atoms with van der Waals surface area (Å²) in [5.41, 5.74) is 0.963. The number of piperidine rings is 1. The molecule has 122 valence electrons. The minimum Gasteiger partial charge on any atom is -0.303 e. The minimum absolute atomic E-state index is 0.0373. The van der Waals surface area contributed by atoms with Crippen LogP contribution in [-0.2, 0) is 6.54 Å². The maximum atomic E-state index is 11.9. The average molecular weight is 303 g/mol. The Bertz CT molecular complexity index is 525. The lowest BCUT2D eigenvalue weighted by atomic mass is 9.88. The van der Waals surface area contributed by atoms with Crippen LogP contribution in [0.1, 0.15) is 50.6 Å². The zero-order valence-electron chi connectivity index (χ0n) is 13.8. The molecule has 4 heteroatoms. The Kier molecular flexibility index (Phi) is 5.29. The average Bonchev–Trinajstić information content (AvgIpc) is 2.54. The maximum Gasteiger partial charge on any atom is 0.266 e. The fourth-order valence-corrected chi connectivity index (χ4v) is 4.01. The van der Waals surface area contributed by atoms with Crippen LogP contribution in [0.25, 0.3) is 0 Å². The van der Waals surface area contributed by atoms with E-state index in [1.807, 2.05) is 6.92 Å². The lowest BCUT2D eigenvalue weighted by Crippen LogP contribution is -2.39. The smallest absolute Gasteiger partial charge is 0.266 e. The van der Waals surface area contributed by atoms with Gasteiger partial charge in [0.15, 0.2) is 0 Å². The van der Waals surface area contributed by atoms with Crippen LogP contribution in [-0.4, -0.2) is 34.3 Å². The van der Waals surface area contributed by atoms with Gasteiger partial charge in [-0.1, -0.05) is 19.3 Å². The van der Waals surface area contributed by atoms with Crippen molar-refractivity contribution in [3.63, 3.8) is 0 Å². The van der Waals surface area contributed by atoms with Crippen molar-refractivity contribution in [3.8, 4) is 0 Å². The van der Waals surface area contributed by atoms with Crippen molar-refractivity contribution in [2.24, 2.45) is 11.8 Å². The number of aryl methyl sites for hydroxylation is 1. The quantitative estimate of drug-likeness (QED) is 0.858. The first-order valence-corrected chi connectivity index (χ1v) is 8.98. The Labute approximate surface area is 133 Å². The van der Waals surface area contributed by atoms with Crippen LogP contribution < -0.4 is 5.56 Å². The van der Waals surface area contributed by atoms with Gasteiger partial charge in [0.1, 0.15) is 0 Å². The van der Waals surface area contributed by atoms with Gasteiger partial charge in [-0.15, -0.1) is 0 Å². The first-order chi connectivity index (χ1) is 10.7. The fraction of sp³-hybridized carbons (Fsp3) is 0.778. The number of nitrogens with zero attached hydrogens (tertiary/aromatic N) is 3. The summed E-state index contributed by atoms with van der Waals surface area (Å²) in [4.78, 5) is 14.5. The monoisotopic (exact) mass is 303 g/mol. The van der Waals surface area contributed by atoms with Crippen LogP contribution in [0.4, 0.5) is 0 Å². The zero-order valence-corrected chi connectivity index (χ0v) is 13.8. The van der Waals surface area contributed by atoms with Crippen LogP contribution in [0.15, 0.2) is 16.9 Å². The molecular weight excluding hydrogens is 274 g/mol. The van der Waals surface area contributed by atoms with Gasteiger partial charge >= 0.3 is 0 Å². The molecule has 1 aliphatic carbocycles. The molecule has 0 radical (unpaired) electrons. The van der Waals surface area contributed by atoms with Crippen LogP contribution in [0.5, 0.6) is 0 Å². The summed E-state index contributed by atoms with van der Waals surface area (Å²) in [6, 6.07) is 3.44. The fourth-order valence-electron chi connectivity index (χ4n) is 4.01. The van der Waals surface area contributed by atoms with E-state index in [-0.39, 0.29) is 5.56 Å². The predicted molar refractivity (Wildman–Crippen MR) is 89.0 cm³/mol. The largest absolute Gasteiger partial charge is 0.303 e. The molecule has 0 atom stereocenters. The Morgan fingerprint density at radius 3 is 2.41 bits per heavy atom. The first kappa shape index (κ1) is 15.7. The Morgan fingerprint density at radius 2 is 1.68 bits per heavy atom. The number of hydrogen-bond donors (Lipinski definition) is 0. The Morgan fingerprint density at radius 1 is 1.00 bits per heavy atom. The Hall–Kier alpha value is -1.16. The van der Waals surface area contributed by atoms with E-state index in [4.69, 9.17) is 0 Å². The van der Waals surface area contributed by atoms with Gasteiger partial charge in [-0.25, -0.2) is 4.68 Å². The molecule has 0 amide bonds. The van der Waals surface area contributed by atoms with Crippen molar-refractivity contribution in [1.29, 1.82) is 0 Å². The zero-order chi connectivity index (χ0) is 15.4. The van der Waals surface area contributed by atoms with Crippen LogP contribution in [0.2, 0.25) is 0 Å². The Balaban J connectivity index is 1.47. The molecule has 3 rings (SSSR count). The summed E-state index contributed by atoms with van der Waals surface area (Å²) in [7, 11) is 0. The summed E-state index contributed by atoms with van der Waals surface area (Å²) < 4.78 is 1.66. The number of rotatable bonds is 4. The highest BCUT2D eigenvalue weighted by Crippen LogP contribution is 2.26. The van der Waals surface area contributed by atoms with E-state index >= 15 is 0 Å². The van der Waals surface area contributed by atoms with Crippen molar-refractivity contribution in [2.75, 3.05) is 19.6 Å². The second-order valence-electron chi connectivity index (χ2n) is 7.24. The molecule has 1 saturated carbocycles. The second kappa shape index (κ2) is 7.40. The van der Waals surface area contributed by atoms with E-state index in [1.165, 1.54) is 64.6 Å². The van der Waals surface area contributed by atoms with E-state index in [0.717, 1.165) is 18.2 Å². The van der Waals surface area contributed by atoms with Gasteiger partial charge in [-0.2, -0.15) is 5.10 Å². The van der Waals surface area contributed by atoms with E-state index in [9.17, 15) is 4.79 Å². The highest BCUT2D eigenvalue weighted by Gasteiger charge is 2.23. The molecule has 22 heavy (non-hydrogen) atoms. The molecule has 0 spiro atoms. The lowest BCUT2D eigenvalue weighted by molar-refractivity contribution is 0.137. The van der Waals surface area contributed by atoms with Gasteiger partial charge in [-0.05, 0) is 63.6 Å². The SMILES string of the molecule is Cc1ccc(=O)n(CC2CCN(CC3CCCCC3)CC2)n1.